The van der Waals surface area contributed by atoms with Crippen molar-refractivity contribution in [3.8, 4) is 0 Å². The van der Waals surface area contributed by atoms with Crippen molar-refractivity contribution in [1.82, 2.24) is 14.5 Å². The Hall–Kier alpha value is -1.58. The Morgan fingerprint density at radius 1 is 1.44 bits per heavy atom. The predicted octanol–water partition coefficient (Wildman–Crippen LogP) is 2.76. The van der Waals surface area contributed by atoms with E-state index in [0.29, 0.717) is 5.95 Å². The molecule has 0 radical (unpaired) electrons. The molecule has 96 valence electrons. The highest BCUT2D eigenvalue weighted by Gasteiger charge is 2.23. The van der Waals surface area contributed by atoms with Crippen molar-refractivity contribution in [3.63, 3.8) is 0 Å². The van der Waals surface area contributed by atoms with Gasteiger partial charge in [0, 0.05) is 12.7 Å². The van der Waals surface area contributed by atoms with Crippen LogP contribution < -0.4 is 5.73 Å². The molecule has 2 N–H and O–H groups in total. The number of nitrogens with two attached hydrogens (primary N) is 1. The predicted molar refractivity (Wildman–Crippen MR) is 73.2 cm³/mol. The molecule has 0 spiro atoms. The van der Waals surface area contributed by atoms with E-state index in [-0.39, 0.29) is 0 Å². The van der Waals surface area contributed by atoms with Crippen molar-refractivity contribution in [2.45, 2.75) is 39.7 Å². The summed E-state index contributed by atoms with van der Waals surface area (Å²) < 4.78 is 2.08. The maximum atomic E-state index is 6.03. The third-order valence-corrected chi connectivity index (χ3v) is 4.00. The lowest BCUT2D eigenvalue weighted by Crippen LogP contribution is -2.11. The summed E-state index contributed by atoms with van der Waals surface area (Å²) in [6.07, 6.45) is 5.82. The summed E-state index contributed by atoms with van der Waals surface area (Å²) in [7, 11) is 0. The molecule has 0 amide bonds. The van der Waals surface area contributed by atoms with Gasteiger partial charge in [-0.25, -0.2) is 9.97 Å². The van der Waals surface area contributed by atoms with Crippen LogP contribution in [0, 0.1) is 18.8 Å². The van der Waals surface area contributed by atoms with Crippen LogP contribution in [0.4, 0.5) is 5.95 Å². The van der Waals surface area contributed by atoms with Crippen LogP contribution in [-0.2, 0) is 6.54 Å². The molecule has 0 saturated heterocycles. The van der Waals surface area contributed by atoms with E-state index >= 15 is 0 Å². The summed E-state index contributed by atoms with van der Waals surface area (Å²) >= 11 is 0. The van der Waals surface area contributed by atoms with E-state index in [1.807, 2.05) is 19.2 Å². The Morgan fingerprint density at radius 3 is 3.00 bits per heavy atom. The summed E-state index contributed by atoms with van der Waals surface area (Å²) in [5, 5.41) is 0. The van der Waals surface area contributed by atoms with Gasteiger partial charge >= 0.3 is 0 Å². The van der Waals surface area contributed by atoms with Crippen LogP contribution in [0.3, 0.4) is 0 Å². The van der Waals surface area contributed by atoms with E-state index in [4.69, 9.17) is 5.73 Å². The zero-order chi connectivity index (χ0) is 12.7. The fraction of sp³-hybridized carbons (Fsp3) is 0.571. The zero-order valence-corrected chi connectivity index (χ0v) is 11.1. The van der Waals surface area contributed by atoms with E-state index in [2.05, 4.69) is 21.5 Å². The first-order chi connectivity index (χ1) is 8.63. The van der Waals surface area contributed by atoms with Gasteiger partial charge in [0.25, 0.3) is 0 Å². The highest BCUT2D eigenvalue weighted by molar-refractivity contribution is 5.74. The van der Waals surface area contributed by atoms with Crippen molar-refractivity contribution in [2.24, 2.45) is 11.8 Å². The number of hydrogen-bond donors (Lipinski definition) is 1. The van der Waals surface area contributed by atoms with Crippen molar-refractivity contribution < 1.29 is 0 Å². The van der Waals surface area contributed by atoms with E-state index in [1.165, 1.54) is 19.3 Å². The van der Waals surface area contributed by atoms with Crippen LogP contribution in [0.2, 0.25) is 0 Å². The normalized spacial score (nSPS) is 23.9. The molecule has 1 aliphatic carbocycles. The smallest absolute Gasteiger partial charge is 0.202 e. The van der Waals surface area contributed by atoms with Crippen LogP contribution in [0.1, 0.15) is 31.7 Å². The van der Waals surface area contributed by atoms with Gasteiger partial charge in [0.15, 0.2) is 5.65 Å². The second kappa shape index (κ2) is 4.26. The highest BCUT2D eigenvalue weighted by Crippen LogP contribution is 2.32. The summed E-state index contributed by atoms with van der Waals surface area (Å²) in [5.74, 6) is 2.17. The van der Waals surface area contributed by atoms with Gasteiger partial charge in [-0.05, 0) is 43.2 Å². The largest absolute Gasteiger partial charge is 0.369 e. The zero-order valence-electron chi connectivity index (χ0n) is 11.1. The third-order valence-electron chi connectivity index (χ3n) is 4.00. The van der Waals surface area contributed by atoms with E-state index in [1.54, 1.807) is 0 Å². The minimum absolute atomic E-state index is 0.600. The molecule has 18 heavy (non-hydrogen) atoms. The number of nitrogens with zero attached hydrogens (tertiary/aromatic N) is 3. The van der Waals surface area contributed by atoms with E-state index in [0.717, 1.165) is 35.1 Å². The fourth-order valence-corrected chi connectivity index (χ4v) is 3.06. The molecule has 0 aromatic carbocycles. The average Bonchev–Trinajstić information content (AvgIpc) is 2.84. The molecule has 2 atom stereocenters. The average molecular weight is 244 g/mol. The van der Waals surface area contributed by atoms with Gasteiger partial charge in [-0.15, -0.1) is 0 Å². The third kappa shape index (κ3) is 1.96. The molecule has 4 nitrogen and oxygen atoms in total. The number of imidazole rings is 1. The SMILES string of the molecule is Cc1cnc2c(c1)nc(N)n2CC1CCC(C)C1. The second-order valence-electron chi connectivity index (χ2n) is 5.72. The van der Waals surface area contributed by atoms with Crippen molar-refractivity contribution in [2.75, 3.05) is 5.73 Å². The number of nitrogen functional groups attached to an aromatic ring is 1. The first-order valence-electron chi connectivity index (χ1n) is 6.72. The molecular weight excluding hydrogens is 224 g/mol. The molecule has 2 heterocycles. The lowest BCUT2D eigenvalue weighted by atomic mass is 10.1. The van der Waals surface area contributed by atoms with E-state index in [9.17, 15) is 0 Å². The summed E-state index contributed by atoms with van der Waals surface area (Å²) in [5.41, 5.74) is 9.00. The maximum Gasteiger partial charge on any atom is 0.202 e. The molecule has 1 aliphatic rings. The van der Waals surface area contributed by atoms with Gasteiger partial charge in [-0.3, -0.25) is 4.57 Å². The molecule has 4 heteroatoms. The minimum Gasteiger partial charge on any atom is -0.369 e. The summed E-state index contributed by atoms with van der Waals surface area (Å²) in [6, 6.07) is 2.05. The number of rotatable bonds is 2. The monoisotopic (exact) mass is 244 g/mol. The van der Waals surface area contributed by atoms with Gasteiger partial charge in [-0.1, -0.05) is 13.3 Å². The van der Waals surface area contributed by atoms with Crippen molar-refractivity contribution in [3.05, 3.63) is 17.8 Å². The number of anilines is 1. The number of hydrogen-bond acceptors (Lipinski definition) is 3. The standard InChI is InChI=1S/C14H20N4/c1-9-3-4-11(5-9)8-18-13-12(17-14(18)15)6-10(2)7-16-13/h6-7,9,11H,3-5,8H2,1-2H3,(H2,15,17). The van der Waals surface area contributed by atoms with Crippen LogP contribution in [-0.4, -0.2) is 14.5 Å². The molecule has 1 saturated carbocycles. The van der Waals surface area contributed by atoms with Gasteiger partial charge in [0.1, 0.15) is 5.52 Å². The summed E-state index contributed by atoms with van der Waals surface area (Å²) in [4.78, 5) is 8.90. The lowest BCUT2D eigenvalue weighted by molar-refractivity contribution is 0.449. The topological polar surface area (TPSA) is 56.7 Å². The first-order valence-corrected chi connectivity index (χ1v) is 6.72. The Balaban J connectivity index is 1.93. The minimum atomic E-state index is 0.600. The molecule has 1 fully saturated rings. The van der Waals surface area contributed by atoms with Gasteiger partial charge < -0.3 is 5.73 Å². The summed E-state index contributed by atoms with van der Waals surface area (Å²) in [6.45, 7) is 5.32. The number of aryl methyl sites for hydroxylation is 1. The van der Waals surface area contributed by atoms with Gasteiger partial charge in [0.05, 0.1) is 0 Å². The van der Waals surface area contributed by atoms with Crippen molar-refractivity contribution >= 4 is 17.1 Å². The van der Waals surface area contributed by atoms with Gasteiger partial charge in [0.2, 0.25) is 5.95 Å². The Bertz CT molecular complexity index is 572. The molecule has 0 aliphatic heterocycles. The second-order valence-corrected chi connectivity index (χ2v) is 5.72. The molecular formula is C14H20N4. The Morgan fingerprint density at radius 2 is 2.28 bits per heavy atom. The maximum absolute atomic E-state index is 6.03. The Labute approximate surface area is 107 Å². The number of fused-ring (bicyclic) bond motifs is 1. The first kappa shape index (κ1) is 11.5. The van der Waals surface area contributed by atoms with Gasteiger partial charge in [-0.2, -0.15) is 0 Å². The van der Waals surface area contributed by atoms with Crippen LogP contribution in [0.15, 0.2) is 12.3 Å². The van der Waals surface area contributed by atoms with Crippen LogP contribution >= 0.6 is 0 Å². The quantitative estimate of drug-likeness (QED) is 0.883. The van der Waals surface area contributed by atoms with E-state index < -0.39 is 0 Å². The number of pyridine rings is 1. The van der Waals surface area contributed by atoms with Crippen LogP contribution in [0.25, 0.3) is 11.2 Å². The number of aromatic nitrogens is 3. The van der Waals surface area contributed by atoms with Crippen LogP contribution in [0.5, 0.6) is 0 Å². The molecule has 2 aromatic rings. The molecule has 0 bridgehead atoms. The molecule has 2 aromatic heterocycles. The molecule has 2 unspecified atom stereocenters. The van der Waals surface area contributed by atoms with Crippen molar-refractivity contribution in [1.29, 1.82) is 0 Å². The highest BCUT2D eigenvalue weighted by atomic mass is 15.2. The Kier molecular flexibility index (Phi) is 2.73. The lowest BCUT2D eigenvalue weighted by Gasteiger charge is -2.12. The molecule has 3 rings (SSSR count). The fourth-order valence-electron chi connectivity index (χ4n) is 3.06.